The fraction of sp³-hybridized carbons (Fsp3) is 0.900. The molecule has 0 atom stereocenters. The molecule has 2 rings (SSSR count). The van der Waals surface area contributed by atoms with Crippen molar-refractivity contribution >= 4 is 5.71 Å². The molecule has 0 saturated heterocycles. The van der Waals surface area contributed by atoms with Crippen LogP contribution in [0.5, 0.6) is 0 Å². The van der Waals surface area contributed by atoms with Crippen molar-refractivity contribution in [3.8, 4) is 0 Å². The number of hydrazone groups is 1. The summed E-state index contributed by atoms with van der Waals surface area (Å²) in [6, 6.07) is 0.688. The van der Waals surface area contributed by atoms with Crippen molar-refractivity contribution < 1.29 is 0 Å². The Hall–Kier alpha value is -0.530. The molecule has 1 N–H and O–H groups in total. The normalized spacial score (nSPS) is 30.1. The van der Waals surface area contributed by atoms with Crippen LogP contribution in [0.25, 0.3) is 0 Å². The first-order chi connectivity index (χ1) is 5.84. The first kappa shape index (κ1) is 8.09. The first-order valence-corrected chi connectivity index (χ1v) is 5.15. The van der Waals surface area contributed by atoms with E-state index in [0.717, 1.165) is 5.92 Å². The number of nitrogens with one attached hydrogen (secondary N) is 1. The summed E-state index contributed by atoms with van der Waals surface area (Å²) in [4.78, 5) is 0. The van der Waals surface area contributed by atoms with Crippen molar-refractivity contribution in [3.63, 3.8) is 0 Å². The molecule has 2 aliphatic rings. The molecule has 2 heteroatoms. The lowest BCUT2D eigenvalue weighted by atomic mass is 9.85. The van der Waals surface area contributed by atoms with Gasteiger partial charge in [0.25, 0.3) is 0 Å². The van der Waals surface area contributed by atoms with Crippen LogP contribution in [0.1, 0.15) is 45.4 Å². The second-order valence-corrected chi connectivity index (χ2v) is 4.30. The molecule has 2 saturated carbocycles. The van der Waals surface area contributed by atoms with Gasteiger partial charge in [0.2, 0.25) is 0 Å². The summed E-state index contributed by atoms with van der Waals surface area (Å²) in [5, 5.41) is 4.43. The topological polar surface area (TPSA) is 24.4 Å². The van der Waals surface area contributed by atoms with E-state index in [1.54, 1.807) is 0 Å². The van der Waals surface area contributed by atoms with Gasteiger partial charge in [0.05, 0.1) is 0 Å². The Morgan fingerprint density at radius 1 is 1.25 bits per heavy atom. The van der Waals surface area contributed by atoms with E-state index in [2.05, 4.69) is 17.5 Å². The van der Waals surface area contributed by atoms with Crippen molar-refractivity contribution in [3.05, 3.63) is 0 Å². The zero-order valence-electron chi connectivity index (χ0n) is 7.84. The summed E-state index contributed by atoms with van der Waals surface area (Å²) in [6.45, 7) is 2.29. The number of hydrogen-bond acceptors (Lipinski definition) is 2. The second-order valence-electron chi connectivity index (χ2n) is 4.30. The van der Waals surface area contributed by atoms with E-state index in [-0.39, 0.29) is 0 Å². The van der Waals surface area contributed by atoms with Crippen LogP contribution in [0, 0.1) is 5.92 Å². The largest absolute Gasteiger partial charge is 0.307 e. The molecule has 0 aromatic heterocycles. The Balaban J connectivity index is 1.70. The monoisotopic (exact) mass is 166 g/mol. The molecule has 0 bridgehead atoms. The molecule has 0 spiro atoms. The molecule has 0 amide bonds. The van der Waals surface area contributed by atoms with E-state index in [4.69, 9.17) is 0 Å². The summed E-state index contributed by atoms with van der Waals surface area (Å²) in [5.74, 6) is 0.883. The molecule has 2 nitrogen and oxygen atoms in total. The van der Waals surface area contributed by atoms with Crippen LogP contribution in [-0.4, -0.2) is 11.8 Å². The van der Waals surface area contributed by atoms with Crippen molar-refractivity contribution in [2.75, 3.05) is 0 Å². The molecule has 0 aliphatic heterocycles. The number of rotatable bonds is 2. The van der Waals surface area contributed by atoms with Gasteiger partial charge in [-0.15, -0.1) is 0 Å². The lowest BCUT2D eigenvalue weighted by Gasteiger charge is -2.24. The summed E-state index contributed by atoms with van der Waals surface area (Å²) in [5.41, 5.74) is 4.68. The standard InChI is InChI=1S/C10H18N2/c1-8-6-10(7-8)12-11-9-4-2-3-5-9/h8-9,11H,2-7H2,1H3. The predicted octanol–water partition coefficient (Wildman–Crippen LogP) is 2.30. The van der Waals surface area contributed by atoms with E-state index >= 15 is 0 Å². The zero-order valence-corrected chi connectivity index (χ0v) is 7.84. The minimum Gasteiger partial charge on any atom is -0.307 e. The summed E-state index contributed by atoms with van der Waals surface area (Å²) in [6.07, 6.45) is 7.87. The summed E-state index contributed by atoms with van der Waals surface area (Å²) < 4.78 is 0. The van der Waals surface area contributed by atoms with Gasteiger partial charge in [-0.1, -0.05) is 19.8 Å². The van der Waals surface area contributed by atoms with Crippen molar-refractivity contribution in [2.24, 2.45) is 11.0 Å². The van der Waals surface area contributed by atoms with Gasteiger partial charge in [0.15, 0.2) is 0 Å². The Bertz CT molecular complexity index is 172. The smallest absolute Gasteiger partial charge is 0.0440 e. The Labute approximate surface area is 74.4 Å². The van der Waals surface area contributed by atoms with Crippen LogP contribution in [0.15, 0.2) is 5.10 Å². The fourth-order valence-corrected chi connectivity index (χ4v) is 2.07. The highest BCUT2D eigenvalue weighted by Crippen LogP contribution is 2.23. The lowest BCUT2D eigenvalue weighted by Crippen LogP contribution is -2.27. The molecule has 12 heavy (non-hydrogen) atoms. The van der Waals surface area contributed by atoms with Crippen LogP contribution in [0.4, 0.5) is 0 Å². The van der Waals surface area contributed by atoms with Crippen LogP contribution in [-0.2, 0) is 0 Å². The number of nitrogens with zero attached hydrogens (tertiary/aromatic N) is 1. The van der Waals surface area contributed by atoms with E-state index < -0.39 is 0 Å². The third kappa shape index (κ3) is 1.79. The first-order valence-electron chi connectivity index (χ1n) is 5.15. The van der Waals surface area contributed by atoms with Crippen molar-refractivity contribution in [1.82, 2.24) is 5.43 Å². The van der Waals surface area contributed by atoms with Crippen LogP contribution < -0.4 is 5.43 Å². The molecule has 2 fully saturated rings. The van der Waals surface area contributed by atoms with Crippen LogP contribution in [0.3, 0.4) is 0 Å². The molecule has 0 unspecified atom stereocenters. The maximum absolute atomic E-state index is 4.43. The van der Waals surface area contributed by atoms with E-state index in [0.29, 0.717) is 6.04 Å². The van der Waals surface area contributed by atoms with Crippen LogP contribution in [0.2, 0.25) is 0 Å². The average Bonchev–Trinajstić information content (AvgIpc) is 2.47. The van der Waals surface area contributed by atoms with Crippen molar-refractivity contribution in [1.29, 1.82) is 0 Å². The second kappa shape index (κ2) is 3.46. The Kier molecular flexibility index (Phi) is 2.33. The molecular weight excluding hydrogens is 148 g/mol. The highest BCUT2D eigenvalue weighted by Gasteiger charge is 2.20. The van der Waals surface area contributed by atoms with Gasteiger partial charge < -0.3 is 5.43 Å². The molecule has 2 aliphatic carbocycles. The van der Waals surface area contributed by atoms with E-state index in [1.165, 1.54) is 44.2 Å². The van der Waals surface area contributed by atoms with Gasteiger partial charge in [-0.3, -0.25) is 0 Å². The molecule has 0 heterocycles. The molecule has 68 valence electrons. The SMILES string of the molecule is CC1CC(=NNC2CCCC2)C1. The lowest BCUT2D eigenvalue weighted by molar-refractivity contribution is 0.510. The van der Waals surface area contributed by atoms with Gasteiger partial charge in [-0.25, -0.2) is 0 Å². The van der Waals surface area contributed by atoms with Gasteiger partial charge in [0, 0.05) is 11.8 Å². The molecule has 0 aromatic rings. The highest BCUT2D eigenvalue weighted by atomic mass is 15.3. The van der Waals surface area contributed by atoms with Gasteiger partial charge >= 0.3 is 0 Å². The number of hydrogen-bond donors (Lipinski definition) is 1. The Morgan fingerprint density at radius 3 is 2.50 bits per heavy atom. The molecular formula is C10H18N2. The minimum atomic E-state index is 0.688. The minimum absolute atomic E-state index is 0.688. The quantitative estimate of drug-likeness (QED) is 0.625. The third-order valence-corrected chi connectivity index (χ3v) is 2.93. The summed E-state index contributed by atoms with van der Waals surface area (Å²) in [7, 11) is 0. The Morgan fingerprint density at radius 2 is 1.92 bits per heavy atom. The van der Waals surface area contributed by atoms with Gasteiger partial charge in [-0.2, -0.15) is 5.10 Å². The van der Waals surface area contributed by atoms with E-state index in [1.807, 2.05) is 0 Å². The summed E-state index contributed by atoms with van der Waals surface area (Å²) >= 11 is 0. The maximum atomic E-state index is 4.43. The van der Waals surface area contributed by atoms with Crippen molar-refractivity contribution in [2.45, 2.75) is 51.5 Å². The zero-order chi connectivity index (χ0) is 8.39. The van der Waals surface area contributed by atoms with Crippen LogP contribution >= 0.6 is 0 Å². The average molecular weight is 166 g/mol. The van der Waals surface area contributed by atoms with Gasteiger partial charge in [-0.05, 0) is 31.6 Å². The molecule has 0 aromatic carbocycles. The van der Waals surface area contributed by atoms with E-state index in [9.17, 15) is 0 Å². The molecule has 0 radical (unpaired) electrons. The predicted molar refractivity (Wildman–Crippen MR) is 51.2 cm³/mol. The third-order valence-electron chi connectivity index (χ3n) is 2.93. The van der Waals surface area contributed by atoms with Gasteiger partial charge in [0.1, 0.15) is 0 Å². The fourth-order valence-electron chi connectivity index (χ4n) is 2.07. The highest BCUT2D eigenvalue weighted by molar-refractivity contribution is 5.89. The maximum Gasteiger partial charge on any atom is 0.0440 e.